The first-order valence-corrected chi connectivity index (χ1v) is 11.6. The van der Waals surface area contributed by atoms with Crippen molar-refractivity contribution in [3.8, 4) is 0 Å². The van der Waals surface area contributed by atoms with Crippen molar-refractivity contribution in [3.63, 3.8) is 0 Å². The molecule has 0 spiro atoms. The summed E-state index contributed by atoms with van der Waals surface area (Å²) >= 11 is 0. The van der Waals surface area contributed by atoms with Crippen molar-refractivity contribution in [1.29, 1.82) is 0 Å². The van der Waals surface area contributed by atoms with E-state index in [1.165, 1.54) is 18.2 Å². The van der Waals surface area contributed by atoms with Crippen LogP contribution in [0, 0.1) is 11.6 Å². The Kier molecular flexibility index (Phi) is 7.27. The quantitative estimate of drug-likeness (QED) is 0.425. The first-order valence-electron chi connectivity index (χ1n) is 11.6. The van der Waals surface area contributed by atoms with Crippen molar-refractivity contribution < 1.29 is 19.0 Å². The largest absolute Gasteiger partial charge is 0.393 e. The van der Waals surface area contributed by atoms with Gasteiger partial charge in [0.25, 0.3) is 0 Å². The summed E-state index contributed by atoms with van der Waals surface area (Å²) in [5.41, 5.74) is 0.825. The average Bonchev–Trinajstić information content (AvgIpc) is 3.16. The van der Waals surface area contributed by atoms with E-state index in [-0.39, 0.29) is 37.4 Å². The Bertz CT molecular complexity index is 1100. The van der Waals surface area contributed by atoms with Crippen molar-refractivity contribution in [2.24, 2.45) is 0 Å². The van der Waals surface area contributed by atoms with Gasteiger partial charge in [-0.25, -0.2) is 18.7 Å². The molecule has 2 aromatic heterocycles. The molecule has 0 saturated heterocycles. The van der Waals surface area contributed by atoms with Gasteiger partial charge in [-0.2, -0.15) is 4.98 Å². The third-order valence-electron chi connectivity index (χ3n) is 6.69. The summed E-state index contributed by atoms with van der Waals surface area (Å²) in [4.78, 5) is 13.7. The number of hydrogen-bond acceptors (Lipinski definition) is 7. The third-order valence-corrected chi connectivity index (χ3v) is 6.69. The molecule has 10 heteroatoms. The van der Waals surface area contributed by atoms with Gasteiger partial charge in [0.05, 0.1) is 18.4 Å². The Morgan fingerprint density at radius 2 is 1.50 bits per heavy atom. The molecule has 4 N–H and O–H groups in total. The number of anilines is 3. The lowest BCUT2D eigenvalue weighted by molar-refractivity contribution is 0.112. The molecule has 184 valence electrons. The number of imidazole rings is 1. The van der Waals surface area contributed by atoms with Gasteiger partial charge in [-0.3, -0.25) is 4.57 Å². The zero-order valence-electron chi connectivity index (χ0n) is 18.2. The van der Waals surface area contributed by atoms with E-state index in [2.05, 4.69) is 20.6 Å². The molecule has 0 amide bonds. The van der Waals surface area contributed by atoms with Crippen LogP contribution >= 0.6 is 0 Å². The first-order chi connectivity index (χ1) is 16.0. The normalized spacial score (nSPS) is 25.1. The Morgan fingerprint density at radius 1 is 0.882 bits per heavy atom. The monoisotopic (exact) mass is 474 g/mol. The Hall–Kier alpha value is -2.85. The van der Waals surface area contributed by atoms with Crippen molar-refractivity contribution in [2.45, 2.75) is 83.1 Å². The molecule has 0 unspecified atom stereocenters. The molecule has 8 nitrogen and oxygen atoms in total. The van der Waals surface area contributed by atoms with Gasteiger partial charge in [-0.1, -0.05) is 13.5 Å². The summed E-state index contributed by atoms with van der Waals surface area (Å²) in [5, 5.41) is 25.9. The number of nitrogens with zero attached hydrogens (tertiary/aromatic N) is 4. The maximum atomic E-state index is 14.3. The molecular weight excluding hydrogens is 442 g/mol. The van der Waals surface area contributed by atoms with Crippen LogP contribution in [0.4, 0.5) is 26.4 Å². The Labute approximate surface area is 197 Å². The van der Waals surface area contributed by atoms with Gasteiger partial charge in [0.1, 0.15) is 22.8 Å². The highest BCUT2D eigenvalue weighted by Gasteiger charge is 2.27. The minimum Gasteiger partial charge on any atom is -0.393 e. The number of aliphatic hydroxyl groups excluding tert-OH is 2. The lowest BCUT2D eigenvalue weighted by Gasteiger charge is -2.28. The van der Waals surface area contributed by atoms with Crippen molar-refractivity contribution in [3.05, 3.63) is 36.0 Å². The van der Waals surface area contributed by atoms with Crippen LogP contribution in [-0.4, -0.2) is 48.0 Å². The predicted octanol–water partition coefficient (Wildman–Crippen LogP) is 4.68. The molecule has 2 fully saturated rings. The van der Waals surface area contributed by atoms with Crippen LogP contribution in [0.3, 0.4) is 0 Å². The van der Waals surface area contributed by atoms with Crippen LogP contribution in [0.15, 0.2) is 24.4 Å². The molecular formula is C24H32F2N6O2. The van der Waals surface area contributed by atoms with E-state index in [0.717, 1.165) is 25.7 Å². The number of aromatic nitrogens is 4. The van der Waals surface area contributed by atoms with Crippen molar-refractivity contribution >= 4 is 28.7 Å². The van der Waals surface area contributed by atoms with Gasteiger partial charge >= 0.3 is 0 Å². The molecule has 2 aliphatic rings. The van der Waals surface area contributed by atoms with Gasteiger partial charge in [0, 0.05) is 12.1 Å². The topological polar surface area (TPSA) is 108 Å². The molecule has 34 heavy (non-hydrogen) atoms. The summed E-state index contributed by atoms with van der Waals surface area (Å²) in [6, 6.07) is 3.85. The van der Waals surface area contributed by atoms with Gasteiger partial charge in [0.2, 0.25) is 11.9 Å². The molecule has 0 bridgehead atoms. The van der Waals surface area contributed by atoms with E-state index in [0.29, 0.717) is 48.7 Å². The minimum absolute atomic E-state index is 0. The summed E-state index contributed by atoms with van der Waals surface area (Å²) in [5.74, 6) is -0.659. The van der Waals surface area contributed by atoms with Crippen LogP contribution in [0.5, 0.6) is 0 Å². The number of aliphatic hydroxyl groups is 2. The molecule has 2 heterocycles. The Balaban J connectivity index is 0.00000274. The second-order valence-corrected chi connectivity index (χ2v) is 9.04. The van der Waals surface area contributed by atoms with Crippen LogP contribution in [0.1, 0.15) is 64.8 Å². The lowest BCUT2D eigenvalue weighted by Crippen LogP contribution is -2.29. The second-order valence-electron chi connectivity index (χ2n) is 9.04. The smallest absolute Gasteiger partial charge is 0.224 e. The standard InChI is InChI=1S/C23H28F2N6O2.CH4/c24-17-2-1-3-18(25)20(17)29-23-28-19-12-26-22(27-13-4-8-15(32)9-5-13)30-21(19)31(23)14-6-10-16(33)11-7-14;/h1-3,12-16,32-33H,4-11H2,(H,28,29)(H,26,27,30);1H4. The number of halogens is 2. The number of benzene rings is 1. The van der Waals surface area contributed by atoms with E-state index in [9.17, 15) is 19.0 Å². The van der Waals surface area contributed by atoms with E-state index in [1.807, 2.05) is 4.57 Å². The zero-order valence-corrected chi connectivity index (χ0v) is 18.2. The number of fused-ring (bicyclic) bond motifs is 1. The number of para-hydroxylation sites is 1. The fraction of sp³-hybridized carbons (Fsp3) is 0.542. The summed E-state index contributed by atoms with van der Waals surface area (Å²) in [6.45, 7) is 0. The third kappa shape index (κ3) is 4.97. The van der Waals surface area contributed by atoms with E-state index >= 15 is 0 Å². The lowest BCUT2D eigenvalue weighted by atomic mass is 9.93. The summed E-state index contributed by atoms with van der Waals surface area (Å²) in [6.07, 6.45) is 6.85. The highest BCUT2D eigenvalue weighted by Crippen LogP contribution is 2.35. The number of hydrogen-bond donors (Lipinski definition) is 4. The fourth-order valence-electron chi connectivity index (χ4n) is 4.84. The highest BCUT2D eigenvalue weighted by molar-refractivity contribution is 5.76. The van der Waals surface area contributed by atoms with Crippen LogP contribution in [-0.2, 0) is 0 Å². The highest BCUT2D eigenvalue weighted by atomic mass is 19.1. The van der Waals surface area contributed by atoms with Crippen LogP contribution in [0.2, 0.25) is 0 Å². The maximum absolute atomic E-state index is 14.3. The maximum Gasteiger partial charge on any atom is 0.224 e. The van der Waals surface area contributed by atoms with E-state index in [4.69, 9.17) is 4.98 Å². The first kappa shape index (κ1) is 24.3. The van der Waals surface area contributed by atoms with E-state index in [1.54, 1.807) is 6.20 Å². The number of rotatable bonds is 5. The summed E-state index contributed by atoms with van der Waals surface area (Å²) in [7, 11) is 0. The molecule has 0 atom stereocenters. The predicted molar refractivity (Wildman–Crippen MR) is 127 cm³/mol. The van der Waals surface area contributed by atoms with Crippen LogP contribution in [0.25, 0.3) is 11.2 Å². The van der Waals surface area contributed by atoms with Crippen LogP contribution < -0.4 is 10.6 Å². The zero-order chi connectivity index (χ0) is 22.9. The molecule has 0 aliphatic heterocycles. The molecule has 5 rings (SSSR count). The average molecular weight is 475 g/mol. The van der Waals surface area contributed by atoms with Gasteiger partial charge < -0.3 is 20.8 Å². The molecule has 2 aliphatic carbocycles. The molecule has 1 aromatic carbocycles. The summed E-state index contributed by atoms with van der Waals surface area (Å²) < 4.78 is 30.6. The molecule has 2 saturated carbocycles. The SMILES string of the molecule is C.OC1CCC(Nc2ncc3nc(Nc4c(F)cccc4F)n(C4CCC(O)CC4)c3n2)CC1. The minimum atomic E-state index is -0.708. The van der Waals surface area contributed by atoms with Gasteiger partial charge in [-0.05, 0) is 63.5 Å². The molecule has 0 radical (unpaired) electrons. The van der Waals surface area contributed by atoms with Crippen molar-refractivity contribution in [1.82, 2.24) is 19.5 Å². The van der Waals surface area contributed by atoms with Crippen molar-refractivity contribution in [2.75, 3.05) is 10.6 Å². The fourth-order valence-corrected chi connectivity index (χ4v) is 4.84. The molecule has 3 aromatic rings. The van der Waals surface area contributed by atoms with Gasteiger partial charge in [0.15, 0.2) is 5.65 Å². The number of nitrogens with one attached hydrogen (secondary N) is 2. The Morgan fingerprint density at radius 3 is 2.15 bits per heavy atom. The van der Waals surface area contributed by atoms with E-state index < -0.39 is 11.6 Å². The van der Waals surface area contributed by atoms with Gasteiger partial charge in [-0.15, -0.1) is 0 Å². The second kappa shape index (κ2) is 10.2.